The molecule has 1 aromatic heterocycles. The number of pyridine rings is 1. The molecule has 1 saturated heterocycles. The molecule has 2 aromatic carbocycles. The Morgan fingerprint density at radius 1 is 1.05 bits per heavy atom. The van der Waals surface area contributed by atoms with Crippen LogP contribution in [0.5, 0.6) is 0 Å². The number of aliphatic hydroxyl groups is 1. The first-order valence-electron chi connectivity index (χ1n) is 13.9. The van der Waals surface area contributed by atoms with Crippen molar-refractivity contribution in [3.8, 4) is 11.3 Å². The summed E-state index contributed by atoms with van der Waals surface area (Å²) in [7, 11) is -1.88. The number of rotatable bonds is 8. The fourth-order valence-corrected chi connectivity index (χ4v) is 7.53. The summed E-state index contributed by atoms with van der Waals surface area (Å²) >= 11 is 0. The molecule has 1 N–H and O–H groups in total. The summed E-state index contributed by atoms with van der Waals surface area (Å²) in [6.45, 7) is 7.25. The molecule has 41 heavy (non-hydrogen) atoms. The monoisotopic (exact) mass is 580 g/mol. The van der Waals surface area contributed by atoms with Crippen molar-refractivity contribution in [1.82, 2.24) is 9.88 Å². The second kappa shape index (κ2) is 11.9. The molecule has 0 spiro atoms. The number of hydrogen-bond acceptors (Lipinski definition) is 7. The van der Waals surface area contributed by atoms with Crippen LogP contribution in [-0.4, -0.2) is 74.7 Å². The van der Waals surface area contributed by atoms with Gasteiger partial charge in [-0.1, -0.05) is 42.5 Å². The number of ether oxygens (including phenoxy) is 1. The van der Waals surface area contributed by atoms with Crippen LogP contribution in [0.4, 0.5) is 10.1 Å². The normalized spacial score (nSPS) is 21.1. The number of aromatic nitrogens is 1. The van der Waals surface area contributed by atoms with Gasteiger partial charge in [0.1, 0.15) is 16.7 Å². The second-order valence-electron chi connectivity index (χ2n) is 11.3. The largest absolute Gasteiger partial charge is 0.472 e. The van der Waals surface area contributed by atoms with E-state index in [1.807, 2.05) is 24.4 Å². The first-order valence-corrected chi connectivity index (χ1v) is 15.4. The van der Waals surface area contributed by atoms with Crippen molar-refractivity contribution >= 4 is 21.6 Å². The van der Waals surface area contributed by atoms with Crippen LogP contribution < -0.4 is 4.90 Å². The van der Waals surface area contributed by atoms with Gasteiger partial charge in [0, 0.05) is 44.8 Å². The highest BCUT2D eigenvalue weighted by molar-refractivity contribution is 7.90. The Labute approximate surface area is 241 Å². The summed E-state index contributed by atoms with van der Waals surface area (Å²) in [6, 6.07) is 17.7. The fraction of sp³-hybridized carbons (Fsp3) is 0.419. The maximum Gasteiger partial charge on any atom is 0.267 e. The van der Waals surface area contributed by atoms with Crippen molar-refractivity contribution in [3.05, 3.63) is 83.8 Å². The molecule has 5 rings (SSSR count). The molecule has 0 radical (unpaired) electrons. The maximum atomic E-state index is 14.5. The van der Waals surface area contributed by atoms with Gasteiger partial charge < -0.3 is 19.6 Å². The van der Waals surface area contributed by atoms with E-state index in [1.54, 1.807) is 44.2 Å². The van der Waals surface area contributed by atoms with E-state index >= 15 is 0 Å². The molecule has 2 atom stereocenters. The molecule has 2 aliphatic heterocycles. The molecule has 218 valence electrons. The highest BCUT2D eigenvalue weighted by Gasteiger charge is 2.47. The molecule has 3 heterocycles. The van der Waals surface area contributed by atoms with Crippen molar-refractivity contribution in [2.75, 3.05) is 44.7 Å². The van der Waals surface area contributed by atoms with Crippen LogP contribution >= 0.6 is 0 Å². The number of piperazine rings is 1. The summed E-state index contributed by atoms with van der Waals surface area (Å²) in [5.74, 6) is -0.864. The van der Waals surface area contributed by atoms with Crippen LogP contribution in [0.1, 0.15) is 49.0 Å². The van der Waals surface area contributed by atoms with E-state index in [-0.39, 0.29) is 25.3 Å². The van der Waals surface area contributed by atoms with Crippen LogP contribution in [0.25, 0.3) is 11.3 Å². The molecule has 1 unspecified atom stereocenters. The Hall–Kier alpha value is -3.34. The summed E-state index contributed by atoms with van der Waals surface area (Å²) in [5, 5.41) is 8.55. The molecule has 0 aliphatic carbocycles. The lowest BCUT2D eigenvalue weighted by Gasteiger charge is -2.38. The summed E-state index contributed by atoms with van der Waals surface area (Å²) in [5.41, 5.74) is 2.61. The summed E-state index contributed by atoms with van der Waals surface area (Å²) in [6.07, 6.45) is 2.20. The van der Waals surface area contributed by atoms with Gasteiger partial charge >= 0.3 is 0 Å². The third-order valence-corrected chi connectivity index (χ3v) is 9.80. The predicted molar refractivity (Wildman–Crippen MR) is 159 cm³/mol. The van der Waals surface area contributed by atoms with Gasteiger partial charge in [0.2, 0.25) is 5.90 Å². The van der Waals surface area contributed by atoms with Crippen molar-refractivity contribution in [3.63, 3.8) is 0 Å². The van der Waals surface area contributed by atoms with Crippen LogP contribution in [0.2, 0.25) is 0 Å². The lowest BCUT2D eigenvalue weighted by atomic mass is 9.91. The zero-order valence-corrected chi connectivity index (χ0v) is 24.5. The third kappa shape index (κ3) is 6.45. The SMILES string of the molecule is CN1CCN(c2ccc(-c3ccc(C4C(C)(C)OC(C[C@@H](CCO)c5ccccc5F)=NS4(=O)=O)cc3)nc2)CC1. The van der Waals surface area contributed by atoms with E-state index in [9.17, 15) is 17.9 Å². The number of halogens is 1. The number of nitrogens with zero attached hydrogens (tertiary/aromatic N) is 4. The molecule has 0 amide bonds. The number of sulfonamides is 1. The number of likely N-dealkylation sites (N-methyl/N-ethyl adjacent to an activating group) is 1. The first kappa shape index (κ1) is 29.2. The van der Waals surface area contributed by atoms with Gasteiger partial charge in [-0.25, -0.2) is 12.8 Å². The lowest BCUT2D eigenvalue weighted by Crippen LogP contribution is -2.44. The topological polar surface area (TPSA) is 95.3 Å². The molecular formula is C31H37FN4O4S. The Morgan fingerprint density at radius 3 is 2.37 bits per heavy atom. The van der Waals surface area contributed by atoms with Gasteiger partial charge in [-0.15, -0.1) is 4.40 Å². The van der Waals surface area contributed by atoms with Crippen molar-refractivity contribution in [1.29, 1.82) is 0 Å². The van der Waals surface area contributed by atoms with Gasteiger partial charge in [-0.3, -0.25) is 4.98 Å². The summed E-state index contributed by atoms with van der Waals surface area (Å²) < 4.78 is 51.7. The van der Waals surface area contributed by atoms with Gasteiger partial charge in [0.15, 0.2) is 0 Å². The van der Waals surface area contributed by atoms with Crippen molar-refractivity contribution < 1.29 is 22.7 Å². The molecule has 2 aliphatic rings. The Kier molecular flexibility index (Phi) is 8.45. The van der Waals surface area contributed by atoms with Crippen LogP contribution in [0.3, 0.4) is 0 Å². The van der Waals surface area contributed by atoms with E-state index in [0.29, 0.717) is 11.1 Å². The van der Waals surface area contributed by atoms with Gasteiger partial charge in [0.25, 0.3) is 10.0 Å². The van der Waals surface area contributed by atoms with Gasteiger partial charge in [-0.05, 0) is 62.6 Å². The zero-order chi connectivity index (χ0) is 29.2. The number of hydrogen-bond donors (Lipinski definition) is 1. The number of anilines is 1. The minimum absolute atomic E-state index is 0.0224. The fourth-order valence-electron chi connectivity index (χ4n) is 5.76. The highest BCUT2D eigenvalue weighted by atomic mass is 32.2. The van der Waals surface area contributed by atoms with Gasteiger partial charge in [-0.2, -0.15) is 0 Å². The van der Waals surface area contributed by atoms with E-state index in [2.05, 4.69) is 32.3 Å². The highest BCUT2D eigenvalue weighted by Crippen LogP contribution is 2.42. The van der Waals surface area contributed by atoms with E-state index in [0.717, 1.165) is 43.1 Å². The third-order valence-electron chi connectivity index (χ3n) is 7.91. The Bertz CT molecular complexity index is 1490. The van der Waals surface area contributed by atoms with Crippen LogP contribution in [-0.2, 0) is 14.8 Å². The molecule has 0 bridgehead atoms. The zero-order valence-electron chi connectivity index (χ0n) is 23.7. The smallest absolute Gasteiger partial charge is 0.267 e. The summed E-state index contributed by atoms with van der Waals surface area (Å²) in [4.78, 5) is 9.30. The van der Waals surface area contributed by atoms with E-state index in [4.69, 9.17) is 4.74 Å². The van der Waals surface area contributed by atoms with Crippen molar-refractivity contribution in [2.24, 2.45) is 4.40 Å². The first-order chi connectivity index (χ1) is 19.6. The van der Waals surface area contributed by atoms with Crippen LogP contribution in [0.15, 0.2) is 71.3 Å². The molecule has 3 aromatic rings. The quantitative estimate of drug-likeness (QED) is 0.410. The molecule has 0 saturated carbocycles. The predicted octanol–water partition coefficient (Wildman–Crippen LogP) is 4.77. The van der Waals surface area contributed by atoms with E-state index in [1.165, 1.54) is 6.07 Å². The Balaban J connectivity index is 1.34. The molecular weight excluding hydrogens is 543 g/mol. The number of benzene rings is 2. The van der Waals surface area contributed by atoms with Crippen molar-refractivity contribution in [2.45, 2.75) is 43.5 Å². The van der Waals surface area contributed by atoms with Crippen LogP contribution in [0, 0.1) is 5.82 Å². The Morgan fingerprint density at radius 2 is 1.76 bits per heavy atom. The number of aliphatic hydroxyl groups excluding tert-OH is 1. The molecule has 8 nitrogen and oxygen atoms in total. The minimum atomic E-state index is -4.00. The standard InChI is InChI=1S/C31H37FN4O4S/c1-31(2)30(41(38,39)34-29(40-31)20-24(14-19-37)26-6-4-5-7-27(26)32)23-10-8-22(9-11-23)28-13-12-25(21-33-28)36-17-15-35(3)16-18-36/h4-13,21,24,30,37H,14-20H2,1-3H3/t24-,30?/m1/s1. The second-order valence-corrected chi connectivity index (χ2v) is 13.0. The molecule has 10 heteroatoms. The van der Waals surface area contributed by atoms with E-state index < -0.39 is 32.6 Å². The average molecular weight is 581 g/mol. The maximum absolute atomic E-state index is 14.5. The minimum Gasteiger partial charge on any atom is -0.472 e. The lowest BCUT2D eigenvalue weighted by molar-refractivity contribution is 0.0797. The van der Waals surface area contributed by atoms with Gasteiger partial charge in [0.05, 0.1) is 17.6 Å². The molecule has 1 fully saturated rings. The average Bonchev–Trinajstić information content (AvgIpc) is 2.93.